The smallest absolute Gasteiger partial charge is 0.0672 e. The molecule has 2 saturated carbocycles. The van der Waals surface area contributed by atoms with Crippen molar-refractivity contribution in [1.29, 1.82) is 5.26 Å². The highest BCUT2D eigenvalue weighted by Crippen LogP contribution is 2.29. The van der Waals surface area contributed by atoms with E-state index >= 15 is 0 Å². The number of nitrogens with zero attached hydrogens (tertiary/aromatic N) is 1. The fourth-order valence-corrected chi connectivity index (χ4v) is 3.60. The lowest BCUT2D eigenvalue weighted by atomic mass is 9.81. The first-order chi connectivity index (χ1) is 8.33. The summed E-state index contributed by atoms with van der Waals surface area (Å²) in [5, 5.41) is 13.0. The average molecular weight is 234 g/mol. The highest BCUT2D eigenvalue weighted by Gasteiger charge is 2.29. The van der Waals surface area contributed by atoms with Crippen molar-refractivity contribution in [3.05, 3.63) is 0 Å². The van der Waals surface area contributed by atoms with Gasteiger partial charge in [0.05, 0.1) is 12.0 Å². The molecule has 0 radical (unpaired) electrons. The first-order valence-corrected chi connectivity index (χ1v) is 7.49. The van der Waals surface area contributed by atoms with Crippen LogP contribution in [0.15, 0.2) is 0 Å². The molecule has 2 heteroatoms. The van der Waals surface area contributed by atoms with Crippen molar-refractivity contribution >= 4 is 0 Å². The lowest BCUT2D eigenvalue weighted by Gasteiger charge is -2.35. The van der Waals surface area contributed by atoms with Crippen LogP contribution in [0.3, 0.4) is 0 Å². The van der Waals surface area contributed by atoms with Gasteiger partial charge in [-0.25, -0.2) is 0 Å². The maximum atomic E-state index is 9.20. The summed E-state index contributed by atoms with van der Waals surface area (Å²) in [4.78, 5) is 0. The van der Waals surface area contributed by atoms with Crippen molar-refractivity contribution in [3.8, 4) is 6.07 Å². The van der Waals surface area contributed by atoms with Crippen LogP contribution in [0.5, 0.6) is 0 Å². The quantitative estimate of drug-likeness (QED) is 0.809. The Balaban J connectivity index is 1.84. The molecule has 2 rings (SSSR count). The molecule has 0 aromatic carbocycles. The normalized spacial score (nSPS) is 38.6. The minimum absolute atomic E-state index is 0.269. The predicted molar refractivity (Wildman–Crippen MR) is 70.5 cm³/mol. The van der Waals surface area contributed by atoms with Gasteiger partial charge in [-0.2, -0.15) is 5.26 Å². The predicted octanol–water partition coefficient (Wildman–Crippen LogP) is 3.63. The molecule has 0 aliphatic heterocycles. The lowest BCUT2D eigenvalue weighted by molar-refractivity contribution is 0.222. The van der Waals surface area contributed by atoms with E-state index in [0.717, 1.165) is 12.3 Å². The molecular formula is C15H26N2. The van der Waals surface area contributed by atoms with E-state index < -0.39 is 0 Å². The molecule has 1 N–H and O–H groups in total. The topological polar surface area (TPSA) is 35.8 Å². The van der Waals surface area contributed by atoms with E-state index in [1.165, 1.54) is 51.4 Å². The van der Waals surface area contributed by atoms with Gasteiger partial charge < -0.3 is 5.32 Å². The van der Waals surface area contributed by atoms with Gasteiger partial charge in [0.2, 0.25) is 0 Å². The highest BCUT2D eigenvalue weighted by molar-refractivity contribution is 4.96. The van der Waals surface area contributed by atoms with Crippen LogP contribution in [0.1, 0.15) is 64.7 Å². The van der Waals surface area contributed by atoms with E-state index in [9.17, 15) is 5.26 Å². The minimum atomic E-state index is 0.269. The number of hydrogen-bond acceptors (Lipinski definition) is 2. The number of rotatable bonds is 3. The van der Waals surface area contributed by atoms with E-state index in [-0.39, 0.29) is 5.92 Å². The molecule has 0 amide bonds. The molecular weight excluding hydrogens is 208 g/mol. The Morgan fingerprint density at radius 3 is 2.71 bits per heavy atom. The highest BCUT2D eigenvalue weighted by atomic mass is 15.0. The molecule has 2 fully saturated rings. The molecule has 4 unspecified atom stereocenters. The Morgan fingerprint density at radius 2 is 1.94 bits per heavy atom. The maximum absolute atomic E-state index is 9.20. The molecule has 0 heterocycles. The number of nitriles is 1. The van der Waals surface area contributed by atoms with Gasteiger partial charge in [-0.3, -0.25) is 0 Å². The van der Waals surface area contributed by atoms with Gasteiger partial charge >= 0.3 is 0 Å². The molecule has 2 aliphatic carbocycles. The molecule has 96 valence electrons. The van der Waals surface area contributed by atoms with Crippen molar-refractivity contribution in [2.24, 2.45) is 11.8 Å². The second-order valence-corrected chi connectivity index (χ2v) is 5.93. The molecule has 0 spiro atoms. The lowest BCUT2D eigenvalue weighted by Crippen LogP contribution is -2.45. The van der Waals surface area contributed by atoms with Gasteiger partial charge in [0.25, 0.3) is 0 Å². The Bertz CT molecular complexity index is 269. The van der Waals surface area contributed by atoms with E-state index in [2.05, 4.69) is 18.3 Å². The first-order valence-electron chi connectivity index (χ1n) is 7.49. The maximum Gasteiger partial charge on any atom is 0.0672 e. The third-order valence-corrected chi connectivity index (χ3v) is 4.74. The summed E-state index contributed by atoms with van der Waals surface area (Å²) in [7, 11) is 0. The Morgan fingerprint density at radius 1 is 1.12 bits per heavy atom. The SMILES string of the molecule is CCC1CCCC(NC2CCCCC2C#N)C1. The van der Waals surface area contributed by atoms with Gasteiger partial charge in [0.1, 0.15) is 0 Å². The molecule has 2 aliphatic rings. The monoisotopic (exact) mass is 234 g/mol. The van der Waals surface area contributed by atoms with E-state index in [1.807, 2.05) is 0 Å². The van der Waals surface area contributed by atoms with Crippen molar-refractivity contribution in [3.63, 3.8) is 0 Å². The van der Waals surface area contributed by atoms with Crippen LogP contribution in [0.4, 0.5) is 0 Å². The van der Waals surface area contributed by atoms with Gasteiger partial charge in [0.15, 0.2) is 0 Å². The summed E-state index contributed by atoms with van der Waals surface area (Å²) < 4.78 is 0. The molecule has 2 nitrogen and oxygen atoms in total. The summed E-state index contributed by atoms with van der Waals surface area (Å²) in [6.07, 6.45) is 11.7. The van der Waals surface area contributed by atoms with Crippen LogP contribution in [0.25, 0.3) is 0 Å². The summed E-state index contributed by atoms with van der Waals surface area (Å²) in [6.45, 7) is 2.31. The molecule has 17 heavy (non-hydrogen) atoms. The second kappa shape index (κ2) is 6.40. The van der Waals surface area contributed by atoms with E-state index in [0.29, 0.717) is 12.1 Å². The number of hydrogen-bond donors (Lipinski definition) is 1. The van der Waals surface area contributed by atoms with Crippen LogP contribution in [0.2, 0.25) is 0 Å². The van der Waals surface area contributed by atoms with Gasteiger partial charge in [-0.1, -0.05) is 39.0 Å². The first kappa shape index (κ1) is 12.9. The summed E-state index contributed by atoms with van der Waals surface area (Å²) in [5.41, 5.74) is 0. The van der Waals surface area contributed by atoms with E-state index in [1.54, 1.807) is 0 Å². The fourth-order valence-electron chi connectivity index (χ4n) is 3.60. The third-order valence-electron chi connectivity index (χ3n) is 4.74. The van der Waals surface area contributed by atoms with Crippen molar-refractivity contribution < 1.29 is 0 Å². The molecule has 0 aromatic heterocycles. The third kappa shape index (κ3) is 3.45. The zero-order valence-electron chi connectivity index (χ0n) is 11.1. The summed E-state index contributed by atoms with van der Waals surface area (Å²) in [5.74, 6) is 1.19. The molecule has 0 aromatic rings. The number of nitrogens with one attached hydrogen (secondary N) is 1. The Hall–Kier alpha value is -0.550. The zero-order valence-corrected chi connectivity index (χ0v) is 11.1. The van der Waals surface area contributed by atoms with Crippen molar-refractivity contribution in [2.45, 2.75) is 76.8 Å². The Kier molecular flexibility index (Phi) is 4.86. The molecule has 0 bridgehead atoms. The van der Waals surface area contributed by atoms with Gasteiger partial charge in [-0.15, -0.1) is 0 Å². The van der Waals surface area contributed by atoms with E-state index in [4.69, 9.17) is 0 Å². The average Bonchev–Trinajstić information content (AvgIpc) is 2.39. The summed E-state index contributed by atoms with van der Waals surface area (Å²) >= 11 is 0. The van der Waals surface area contributed by atoms with Crippen molar-refractivity contribution in [2.75, 3.05) is 0 Å². The second-order valence-electron chi connectivity index (χ2n) is 5.93. The van der Waals surface area contributed by atoms with Crippen molar-refractivity contribution in [1.82, 2.24) is 5.32 Å². The molecule has 4 atom stereocenters. The zero-order chi connectivity index (χ0) is 12.1. The standard InChI is InChI=1S/C15H26N2/c1-2-12-6-5-8-14(10-12)17-15-9-4-3-7-13(15)11-16/h12-15,17H,2-10H2,1H3. The summed E-state index contributed by atoms with van der Waals surface area (Å²) in [6, 6.07) is 3.67. The van der Waals surface area contributed by atoms with Crippen LogP contribution < -0.4 is 5.32 Å². The van der Waals surface area contributed by atoms with Gasteiger partial charge in [0, 0.05) is 12.1 Å². The van der Waals surface area contributed by atoms with Crippen LogP contribution in [-0.2, 0) is 0 Å². The van der Waals surface area contributed by atoms with Gasteiger partial charge in [-0.05, 0) is 31.6 Å². The van der Waals surface area contributed by atoms with Crippen LogP contribution in [0, 0.1) is 23.2 Å². The van der Waals surface area contributed by atoms with Crippen LogP contribution in [-0.4, -0.2) is 12.1 Å². The minimum Gasteiger partial charge on any atom is -0.310 e. The molecule has 0 saturated heterocycles. The fraction of sp³-hybridized carbons (Fsp3) is 0.933. The largest absolute Gasteiger partial charge is 0.310 e. The Labute approximate surface area is 106 Å². The van der Waals surface area contributed by atoms with Crippen LogP contribution >= 0.6 is 0 Å².